The molecule has 0 aromatic heterocycles. The summed E-state index contributed by atoms with van der Waals surface area (Å²) in [4.78, 5) is 14.9. The van der Waals surface area contributed by atoms with Gasteiger partial charge in [0.1, 0.15) is 0 Å². The maximum atomic E-state index is 12.9. The smallest absolute Gasteiger partial charge is 0.349 e. The Morgan fingerprint density at radius 2 is 1.58 bits per heavy atom. The maximum absolute atomic E-state index is 12.9. The molecular formula is C15H14F6N4O. The summed E-state index contributed by atoms with van der Waals surface area (Å²) in [5.74, 6) is -1.08. The van der Waals surface area contributed by atoms with Gasteiger partial charge in [0, 0.05) is 16.5 Å². The number of nitrogens with one attached hydrogen (secondary N) is 1. The zero-order valence-corrected chi connectivity index (χ0v) is 13.2. The fourth-order valence-corrected chi connectivity index (χ4v) is 2.82. The molecule has 0 bridgehead atoms. The average Bonchev–Trinajstić information content (AvgIpc) is 2.55. The second kappa shape index (κ2) is 7.45. The van der Waals surface area contributed by atoms with E-state index in [1.165, 1.54) is 0 Å². The van der Waals surface area contributed by atoms with E-state index in [1.54, 1.807) is 0 Å². The Hall–Kier alpha value is -2.42. The molecule has 1 fully saturated rings. The van der Waals surface area contributed by atoms with Gasteiger partial charge in [-0.3, -0.25) is 4.79 Å². The van der Waals surface area contributed by atoms with Crippen LogP contribution in [0.3, 0.4) is 0 Å². The SMILES string of the molecule is [N-]=[N+]=N[C@H]1CCCC[C@@H]1NC(=O)c1cc(C(F)(F)F)cc(C(F)(F)F)c1. The van der Waals surface area contributed by atoms with Crippen LogP contribution in [0.4, 0.5) is 26.3 Å². The lowest BCUT2D eigenvalue weighted by Gasteiger charge is -2.29. The Morgan fingerprint density at radius 1 is 1.04 bits per heavy atom. The monoisotopic (exact) mass is 380 g/mol. The highest BCUT2D eigenvalue weighted by atomic mass is 19.4. The van der Waals surface area contributed by atoms with Gasteiger partial charge < -0.3 is 5.32 Å². The van der Waals surface area contributed by atoms with Crippen LogP contribution in [0.1, 0.15) is 47.2 Å². The first-order valence-corrected chi connectivity index (χ1v) is 7.67. The van der Waals surface area contributed by atoms with Crippen molar-refractivity contribution >= 4 is 5.91 Å². The quantitative estimate of drug-likeness (QED) is 0.338. The molecule has 142 valence electrons. The second-order valence-corrected chi connectivity index (χ2v) is 5.93. The van der Waals surface area contributed by atoms with E-state index in [9.17, 15) is 31.1 Å². The van der Waals surface area contributed by atoms with E-state index in [0.717, 1.165) is 6.42 Å². The third-order valence-corrected chi connectivity index (χ3v) is 4.10. The highest BCUT2D eigenvalue weighted by molar-refractivity contribution is 5.95. The summed E-state index contributed by atoms with van der Waals surface area (Å²) in [5, 5.41) is 5.92. The molecule has 1 aliphatic carbocycles. The molecule has 1 saturated carbocycles. The van der Waals surface area contributed by atoms with Crippen LogP contribution in [0.25, 0.3) is 10.4 Å². The molecule has 1 aliphatic rings. The molecular weight excluding hydrogens is 366 g/mol. The summed E-state index contributed by atoms with van der Waals surface area (Å²) in [6.45, 7) is 0. The third kappa shape index (κ3) is 4.81. The number of carbonyl (C=O) groups excluding carboxylic acids is 1. The van der Waals surface area contributed by atoms with Crippen LogP contribution in [0.2, 0.25) is 0 Å². The van der Waals surface area contributed by atoms with E-state index >= 15 is 0 Å². The molecule has 2 rings (SSSR count). The van der Waals surface area contributed by atoms with Gasteiger partial charge in [-0.15, -0.1) is 0 Å². The van der Waals surface area contributed by atoms with Gasteiger partial charge in [-0.1, -0.05) is 18.0 Å². The van der Waals surface area contributed by atoms with Crippen molar-refractivity contribution < 1.29 is 31.1 Å². The predicted molar refractivity (Wildman–Crippen MR) is 79.1 cm³/mol. The number of nitrogens with zero attached hydrogens (tertiary/aromatic N) is 3. The normalized spacial score (nSPS) is 21.0. The highest BCUT2D eigenvalue weighted by Crippen LogP contribution is 2.36. The molecule has 0 aliphatic heterocycles. The lowest BCUT2D eigenvalue weighted by Crippen LogP contribution is -2.44. The van der Waals surface area contributed by atoms with Crippen LogP contribution in [-0.4, -0.2) is 18.0 Å². The number of halogens is 6. The number of azide groups is 1. The fraction of sp³-hybridized carbons (Fsp3) is 0.533. The lowest BCUT2D eigenvalue weighted by molar-refractivity contribution is -0.143. The van der Waals surface area contributed by atoms with Crippen molar-refractivity contribution in [3.63, 3.8) is 0 Å². The molecule has 1 amide bonds. The number of hydrogen-bond donors (Lipinski definition) is 1. The molecule has 1 aromatic carbocycles. The largest absolute Gasteiger partial charge is 0.416 e. The van der Waals surface area contributed by atoms with E-state index in [2.05, 4.69) is 15.3 Å². The first-order chi connectivity index (χ1) is 12.0. The molecule has 0 unspecified atom stereocenters. The number of amides is 1. The van der Waals surface area contributed by atoms with Crippen LogP contribution in [-0.2, 0) is 12.4 Å². The first kappa shape index (κ1) is 19.9. The van der Waals surface area contributed by atoms with Crippen molar-refractivity contribution in [1.29, 1.82) is 0 Å². The Bertz CT molecular complexity index is 692. The summed E-state index contributed by atoms with van der Waals surface area (Å²) in [7, 11) is 0. The van der Waals surface area contributed by atoms with Crippen molar-refractivity contribution in [2.75, 3.05) is 0 Å². The molecule has 11 heteroatoms. The molecule has 1 N–H and O–H groups in total. The van der Waals surface area contributed by atoms with Gasteiger partial charge in [-0.05, 0) is 36.6 Å². The number of rotatable bonds is 3. The van der Waals surface area contributed by atoms with Crippen molar-refractivity contribution in [3.8, 4) is 0 Å². The third-order valence-electron chi connectivity index (χ3n) is 4.10. The summed E-state index contributed by atoms with van der Waals surface area (Å²) >= 11 is 0. The minimum absolute atomic E-state index is 0.0415. The summed E-state index contributed by atoms with van der Waals surface area (Å²) < 4.78 is 77.2. The number of alkyl halides is 6. The van der Waals surface area contributed by atoms with Crippen molar-refractivity contribution in [3.05, 3.63) is 45.3 Å². The molecule has 0 spiro atoms. The molecule has 0 radical (unpaired) electrons. The summed E-state index contributed by atoms with van der Waals surface area (Å²) in [6.07, 6.45) is -7.73. The first-order valence-electron chi connectivity index (χ1n) is 7.67. The van der Waals surface area contributed by atoms with Crippen molar-refractivity contribution in [1.82, 2.24) is 5.32 Å². The second-order valence-electron chi connectivity index (χ2n) is 5.93. The molecule has 5 nitrogen and oxygen atoms in total. The lowest BCUT2D eigenvalue weighted by atomic mass is 9.90. The van der Waals surface area contributed by atoms with E-state index in [4.69, 9.17) is 5.53 Å². The Balaban J connectivity index is 2.34. The van der Waals surface area contributed by atoms with Gasteiger partial charge in [0.15, 0.2) is 0 Å². The van der Waals surface area contributed by atoms with E-state index < -0.39 is 47.0 Å². The average molecular weight is 380 g/mol. The molecule has 1 aromatic rings. The zero-order valence-electron chi connectivity index (χ0n) is 13.2. The van der Waals surface area contributed by atoms with Gasteiger partial charge in [0.25, 0.3) is 5.91 Å². The maximum Gasteiger partial charge on any atom is 0.416 e. The predicted octanol–water partition coefficient (Wildman–Crippen LogP) is 5.08. The summed E-state index contributed by atoms with van der Waals surface area (Å²) in [6, 6.07) is -0.534. The Morgan fingerprint density at radius 3 is 2.08 bits per heavy atom. The fourth-order valence-electron chi connectivity index (χ4n) is 2.82. The minimum atomic E-state index is -5.03. The summed E-state index contributed by atoms with van der Waals surface area (Å²) in [5.41, 5.74) is 4.66. The number of carbonyl (C=O) groups is 1. The van der Waals surface area contributed by atoms with E-state index in [-0.39, 0.29) is 6.07 Å². The van der Waals surface area contributed by atoms with Crippen molar-refractivity contribution in [2.24, 2.45) is 5.11 Å². The van der Waals surface area contributed by atoms with E-state index in [0.29, 0.717) is 31.4 Å². The number of benzene rings is 1. The standard InChI is InChI=1S/C15H14F6N4O/c16-14(17,18)9-5-8(6-10(7-9)15(19,20)21)13(26)23-11-3-1-2-4-12(11)24-25-22/h5-7,11-12H,1-4H2,(H,23,26)/t11-,12-/m0/s1. The van der Waals surface area contributed by atoms with Crippen molar-refractivity contribution in [2.45, 2.75) is 50.1 Å². The van der Waals surface area contributed by atoms with Crippen LogP contribution < -0.4 is 5.32 Å². The molecule has 2 atom stereocenters. The Labute approximate surface area is 144 Å². The molecule has 26 heavy (non-hydrogen) atoms. The van der Waals surface area contributed by atoms with E-state index in [1.807, 2.05) is 0 Å². The number of hydrogen-bond acceptors (Lipinski definition) is 2. The van der Waals surface area contributed by atoms with Crippen LogP contribution >= 0.6 is 0 Å². The van der Waals surface area contributed by atoms with Crippen LogP contribution in [0, 0.1) is 0 Å². The van der Waals surface area contributed by atoms with Crippen LogP contribution in [0.5, 0.6) is 0 Å². The zero-order chi connectivity index (χ0) is 19.5. The van der Waals surface area contributed by atoms with Gasteiger partial charge in [0.2, 0.25) is 0 Å². The topological polar surface area (TPSA) is 77.9 Å². The van der Waals surface area contributed by atoms with Gasteiger partial charge >= 0.3 is 12.4 Å². The molecule has 0 heterocycles. The van der Waals surface area contributed by atoms with Gasteiger partial charge in [-0.25, -0.2) is 0 Å². The minimum Gasteiger partial charge on any atom is -0.349 e. The molecule has 0 saturated heterocycles. The Kier molecular flexibility index (Phi) is 5.70. The highest BCUT2D eigenvalue weighted by Gasteiger charge is 2.38. The van der Waals surface area contributed by atoms with Gasteiger partial charge in [0.05, 0.1) is 17.2 Å². The van der Waals surface area contributed by atoms with Gasteiger partial charge in [-0.2, -0.15) is 26.3 Å². The van der Waals surface area contributed by atoms with Crippen LogP contribution in [0.15, 0.2) is 23.3 Å².